The van der Waals surface area contributed by atoms with Crippen LogP contribution in [0.25, 0.3) is 16.6 Å². The van der Waals surface area contributed by atoms with E-state index >= 15 is 0 Å². The van der Waals surface area contributed by atoms with Crippen molar-refractivity contribution in [1.29, 1.82) is 0 Å². The number of amides is 1. The largest absolute Gasteiger partial charge is 0.326 e. The Labute approximate surface area is 155 Å². The van der Waals surface area contributed by atoms with Crippen molar-refractivity contribution >= 4 is 34.1 Å². The van der Waals surface area contributed by atoms with E-state index in [1.807, 2.05) is 54.7 Å². The van der Waals surface area contributed by atoms with Gasteiger partial charge in [-0.05, 0) is 48.5 Å². The maximum atomic E-state index is 12.2. The molecule has 0 aliphatic heterocycles. The quantitative estimate of drug-likeness (QED) is 0.583. The number of hydrogen-bond donors (Lipinski definition) is 1. The molecule has 0 spiro atoms. The topological polar surface area (TPSA) is 64.7 Å². The van der Waals surface area contributed by atoms with Gasteiger partial charge in [-0.1, -0.05) is 11.6 Å². The maximum absolute atomic E-state index is 12.2. The highest BCUT2D eigenvalue weighted by atomic mass is 35.5. The summed E-state index contributed by atoms with van der Waals surface area (Å²) in [6.07, 6.45) is 5.69. The molecule has 1 N–H and O–H groups in total. The molecule has 0 aliphatic rings. The van der Waals surface area contributed by atoms with Crippen LogP contribution >= 0.6 is 11.6 Å². The Morgan fingerprint density at radius 2 is 1.96 bits per heavy atom. The van der Waals surface area contributed by atoms with Crippen LogP contribution < -0.4 is 5.32 Å². The van der Waals surface area contributed by atoms with Crippen LogP contribution in [0.15, 0.2) is 67.1 Å². The molecular formula is C19H16ClN5O. The molecular weight excluding hydrogens is 350 g/mol. The van der Waals surface area contributed by atoms with Crippen LogP contribution in [0.1, 0.15) is 6.42 Å². The molecule has 0 unspecified atom stereocenters. The van der Waals surface area contributed by atoms with Crippen molar-refractivity contribution in [1.82, 2.24) is 19.6 Å². The minimum absolute atomic E-state index is 0.0671. The number of rotatable bonds is 5. The summed E-state index contributed by atoms with van der Waals surface area (Å²) in [6.45, 7) is 0.487. The summed E-state index contributed by atoms with van der Waals surface area (Å²) in [7, 11) is 0. The van der Waals surface area contributed by atoms with Gasteiger partial charge in [-0.2, -0.15) is 10.2 Å². The number of hydrogen-bond acceptors (Lipinski definition) is 3. The van der Waals surface area contributed by atoms with Crippen LogP contribution in [0.5, 0.6) is 0 Å². The number of nitrogens with zero attached hydrogens (tertiary/aromatic N) is 4. The van der Waals surface area contributed by atoms with E-state index in [2.05, 4.69) is 15.5 Å². The van der Waals surface area contributed by atoms with Gasteiger partial charge in [0.15, 0.2) is 0 Å². The highest BCUT2D eigenvalue weighted by Crippen LogP contribution is 2.19. The van der Waals surface area contributed by atoms with Gasteiger partial charge in [0.1, 0.15) is 0 Å². The standard InChI is InChI=1S/C19H16ClN5O/c20-15-3-2-14-13-22-25(18(14)12-15)11-8-19(26)23-16-4-6-17(7-5-16)24-10-1-9-21-24/h1-7,9-10,12-13H,8,11H2,(H,23,26). The molecule has 26 heavy (non-hydrogen) atoms. The van der Waals surface area contributed by atoms with Crippen molar-refractivity contribution in [3.63, 3.8) is 0 Å². The summed E-state index contributed by atoms with van der Waals surface area (Å²) < 4.78 is 3.56. The Hall–Kier alpha value is -3.12. The van der Waals surface area contributed by atoms with E-state index in [-0.39, 0.29) is 5.91 Å². The lowest BCUT2D eigenvalue weighted by atomic mass is 10.2. The Morgan fingerprint density at radius 3 is 2.73 bits per heavy atom. The molecule has 7 heteroatoms. The summed E-state index contributed by atoms with van der Waals surface area (Å²) in [5.74, 6) is -0.0671. The average Bonchev–Trinajstić information content (AvgIpc) is 3.30. The number of nitrogens with one attached hydrogen (secondary N) is 1. The van der Waals surface area contributed by atoms with Crippen LogP contribution in [-0.4, -0.2) is 25.5 Å². The second-order valence-electron chi connectivity index (χ2n) is 5.87. The van der Waals surface area contributed by atoms with Gasteiger partial charge < -0.3 is 5.32 Å². The van der Waals surface area contributed by atoms with Gasteiger partial charge in [0.2, 0.25) is 5.91 Å². The van der Waals surface area contributed by atoms with Gasteiger partial charge in [0, 0.05) is 34.9 Å². The average molecular weight is 366 g/mol. The summed E-state index contributed by atoms with van der Waals surface area (Å²) >= 11 is 6.04. The fourth-order valence-corrected chi connectivity index (χ4v) is 2.94. The lowest BCUT2D eigenvalue weighted by Gasteiger charge is -2.08. The molecule has 0 saturated heterocycles. The Bertz CT molecular complexity index is 1040. The second kappa shape index (κ2) is 7.01. The molecule has 2 heterocycles. The van der Waals surface area contributed by atoms with Crippen molar-refractivity contribution in [2.24, 2.45) is 0 Å². The third kappa shape index (κ3) is 3.45. The lowest BCUT2D eigenvalue weighted by molar-refractivity contribution is -0.116. The third-order valence-electron chi connectivity index (χ3n) is 4.08. The van der Waals surface area contributed by atoms with E-state index in [0.717, 1.165) is 22.3 Å². The van der Waals surface area contributed by atoms with Gasteiger partial charge in [0.25, 0.3) is 0 Å². The van der Waals surface area contributed by atoms with E-state index in [0.29, 0.717) is 18.0 Å². The first-order chi connectivity index (χ1) is 12.7. The van der Waals surface area contributed by atoms with E-state index in [1.165, 1.54) is 0 Å². The number of anilines is 1. The molecule has 130 valence electrons. The normalized spacial score (nSPS) is 11.0. The zero-order valence-electron chi connectivity index (χ0n) is 13.8. The van der Waals surface area contributed by atoms with Crippen LogP contribution in [0.3, 0.4) is 0 Å². The molecule has 0 aliphatic carbocycles. The number of aryl methyl sites for hydroxylation is 1. The summed E-state index contributed by atoms with van der Waals surface area (Å²) in [6, 6.07) is 15.0. The van der Waals surface area contributed by atoms with Gasteiger partial charge >= 0.3 is 0 Å². The summed E-state index contributed by atoms with van der Waals surface area (Å²) in [5, 5.41) is 13.1. The van der Waals surface area contributed by atoms with Gasteiger partial charge in [-0.25, -0.2) is 4.68 Å². The highest BCUT2D eigenvalue weighted by Gasteiger charge is 2.07. The molecule has 0 radical (unpaired) electrons. The number of fused-ring (bicyclic) bond motifs is 1. The molecule has 1 amide bonds. The summed E-state index contributed by atoms with van der Waals surface area (Å²) in [5.41, 5.74) is 2.61. The molecule has 4 aromatic rings. The van der Waals surface area contributed by atoms with Crippen LogP contribution in [-0.2, 0) is 11.3 Å². The molecule has 0 atom stereocenters. The monoisotopic (exact) mass is 365 g/mol. The number of benzene rings is 2. The van der Waals surface area contributed by atoms with Crippen LogP contribution in [0.2, 0.25) is 5.02 Å². The fourth-order valence-electron chi connectivity index (χ4n) is 2.77. The van der Waals surface area contributed by atoms with Crippen LogP contribution in [0, 0.1) is 0 Å². The number of carbonyl (C=O) groups is 1. The van der Waals surface area contributed by atoms with Crippen molar-refractivity contribution in [3.05, 3.63) is 72.1 Å². The van der Waals surface area contributed by atoms with E-state index in [1.54, 1.807) is 21.8 Å². The first-order valence-corrected chi connectivity index (χ1v) is 8.58. The predicted octanol–water partition coefficient (Wildman–Crippen LogP) is 3.90. The SMILES string of the molecule is O=C(CCn1ncc2ccc(Cl)cc21)Nc1ccc(-n2cccn2)cc1. The first-order valence-electron chi connectivity index (χ1n) is 8.20. The third-order valence-corrected chi connectivity index (χ3v) is 4.31. The smallest absolute Gasteiger partial charge is 0.226 e. The zero-order chi connectivity index (χ0) is 17.9. The fraction of sp³-hybridized carbons (Fsp3) is 0.105. The highest BCUT2D eigenvalue weighted by molar-refractivity contribution is 6.31. The van der Waals surface area contributed by atoms with E-state index in [4.69, 9.17) is 11.6 Å². The van der Waals surface area contributed by atoms with Crippen molar-refractivity contribution in [2.45, 2.75) is 13.0 Å². The number of carbonyl (C=O) groups excluding carboxylic acids is 1. The van der Waals surface area contributed by atoms with Crippen molar-refractivity contribution < 1.29 is 4.79 Å². The van der Waals surface area contributed by atoms with E-state index in [9.17, 15) is 4.79 Å². The van der Waals surface area contributed by atoms with Gasteiger partial charge in [-0.15, -0.1) is 0 Å². The molecule has 2 aromatic carbocycles. The van der Waals surface area contributed by atoms with E-state index < -0.39 is 0 Å². The Kier molecular flexibility index (Phi) is 4.41. The lowest BCUT2D eigenvalue weighted by Crippen LogP contribution is -2.15. The number of aromatic nitrogens is 4. The molecule has 4 rings (SSSR count). The Balaban J connectivity index is 1.38. The van der Waals surface area contributed by atoms with Gasteiger partial charge in [0.05, 0.1) is 23.9 Å². The maximum Gasteiger partial charge on any atom is 0.226 e. The van der Waals surface area contributed by atoms with Gasteiger partial charge in [-0.3, -0.25) is 9.48 Å². The molecule has 0 fully saturated rings. The number of halogens is 1. The van der Waals surface area contributed by atoms with Crippen molar-refractivity contribution in [2.75, 3.05) is 5.32 Å². The zero-order valence-corrected chi connectivity index (χ0v) is 14.6. The molecule has 0 saturated carbocycles. The molecule has 6 nitrogen and oxygen atoms in total. The van der Waals surface area contributed by atoms with Crippen molar-refractivity contribution in [3.8, 4) is 5.69 Å². The molecule has 2 aromatic heterocycles. The van der Waals surface area contributed by atoms with Crippen LogP contribution in [0.4, 0.5) is 5.69 Å². The Morgan fingerprint density at radius 1 is 1.12 bits per heavy atom. The second-order valence-corrected chi connectivity index (χ2v) is 6.30. The summed E-state index contributed by atoms with van der Waals surface area (Å²) in [4.78, 5) is 12.2. The predicted molar refractivity (Wildman–Crippen MR) is 102 cm³/mol. The minimum Gasteiger partial charge on any atom is -0.326 e. The molecule has 0 bridgehead atoms. The minimum atomic E-state index is -0.0671. The first kappa shape index (κ1) is 16.4.